The largest absolute Gasteiger partial charge is 0.285 e. The number of nitrogens with zero attached hydrogens (tertiary/aromatic N) is 1. The Bertz CT molecular complexity index is 159. The van der Waals surface area contributed by atoms with Crippen LogP contribution < -0.4 is 0 Å². The van der Waals surface area contributed by atoms with Crippen LogP contribution in [0, 0.1) is 5.92 Å². The lowest BCUT2D eigenvalue weighted by molar-refractivity contribution is -0.0728. The predicted molar refractivity (Wildman–Crippen MR) is 46.2 cm³/mol. The zero-order valence-electron chi connectivity index (χ0n) is 6.92. The summed E-state index contributed by atoms with van der Waals surface area (Å²) in [5.74, 6) is 3.52. The van der Waals surface area contributed by atoms with E-state index in [0.717, 1.165) is 12.0 Å². The maximum absolute atomic E-state index is 2.63. The van der Waals surface area contributed by atoms with Gasteiger partial charge in [0.2, 0.25) is 0 Å². The summed E-state index contributed by atoms with van der Waals surface area (Å²) >= 11 is 2.09. The van der Waals surface area contributed by atoms with E-state index in [1.165, 1.54) is 11.6 Å². The molecule has 0 saturated carbocycles. The molecule has 2 rings (SSSR count). The molecule has 1 nitrogen and oxygen atoms in total. The third kappa shape index (κ3) is 0.595. The molecular formula is C8H15NS. The lowest BCUT2D eigenvalue weighted by Crippen LogP contribution is -2.67. The van der Waals surface area contributed by atoms with Crippen LogP contribution >= 0.6 is 11.8 Å². The Morgan fingerprint density at radius 2 is 2.20 bits per heavy atom. The molecule has 2 fully saturated rings. The van der Waals surface area contributed by atoms with E-state index in [9.17, 15) is 0 Å². The van der Waals surface area contributed by atoms with E-state index in [0.29, 0.717) is 5.54 Å². The Morgan fingerprint density at radius 3 is 2.80 bits per heavy atom. The van der Waals surface area contributed by atoms with Crippen molar-refractivity contribution in [3.05, 3.63) is 0 Å². The number of hydrogen-bond donors (Lipinski definition) is 0. The van der Waals surface area contributed by atoms with Gasteiger partial charge in [0.15, 0.2) is 0 Å². The Hall–Kier alpha value is 0.310. The standard InChI is InChI=1S/C8H15NS/c1-6-7(2)9-5-10-4-8(6,9)3/h6-7H,4-5H2,1-3H3/t6?,7?,8-/m1/s1. The summed E-state index contributed by atoms with van der Waals surface area (Å²) in [6.45, 7) is 7.13. The van der Waals surface area contributed by atoms with Crippen molar-refractivity contribution >= 4 is 11.8 Å². The molecule has 0 aliphatic carbocycles. The molecule has 0 radical (unpaired) electrons. The van der Waals surface area contributed by atoms with Crippen LogP contribution in [-0.4, -0.2) is 28.1 Å². The third-order valence-electron chi connectivity index (χ3n) is 3.48. The maximum atomic E-state index is 2.63. The van der Waals surface area contributed by atoms with Gasteiger partial charge in [-0.05, 0) is 19.8 Å². The van der Waals surface area contributed by atoms with E-state index in [2.05, 4.69) is 37.4 Å². The van der Waals surface area contributed by atoms with Gasteiger partial charge >= 0.3 is 0 Å². The van der Waals surface area contributed by atoms with Crippen LogP contribution in [0.5, 0.6) is 0 Å². The molecule has 0 N–H and O–H groups in total. The van der Waals surface area contributed by atoms with Crippen LogP contribution in [0.2, 0.25) is 0 Å². The van der Waals surface area contributed by atoms with Gasteiger partial charge in [-0.1, -0.05) is 6.92 Å². The molecule has 0 aromatic rings. The predicted octanol–water partition coefficient (Wildman–Crippen LogP) is 1.79. The number of fused-ring (bicyclic) bond motifs is 1. The van der Waals surface area contributed by atoms with Crippen LogP contribution in [0.1, 0.15) is 20.8 Å². The fraction of sp³-hybridized carbons (Fsp3) is 1.00. The van der Waals surface area contributed by atoms with Gasteiger partial charge in [0, 0.05) is 23.2 Å². The summed E-state index contributed by atoms with van der Waals surface area (Å²) < 4.78 is 0. The van der Waals surface area contributed by atoms with Crippen LogP contribution in [0.3, 0.4) is 0 Å². The summed E-state index contributed by atoms with van der Waals surface area (Å²) in [5, 5.41) is 0. The SMILES string of the molecule is CC1C(C)[C@@]2(C)CSCN12. The van der Waals surface area contributed by atoms with Crippen molar-refractivity contribution < 1.29 is 0 Å². The molecule has 2 unspecified atom stereocenters. The second-order valence-corrected chi connectivity index (χ2v) is 4.79. The summed E-state index contributed by atoms with van der Waals surface area (Å²) in [6, 6.07) is 0.833. The van der Waals surface area contributed by atoms with E-state index in [-0.39, 0.29) is 0 Å². The molecule has 2 saturated heterocycles. The molecule has 0 bridgehead atoms. The van der Waals surface area contributed by atoms with Crippen LogP contribution in [0.4, 0.5) is 0 Å². The number of rotatable bonds is 0. The molecule has 2 aliphatic heterocycles. The molecule has 0 aromatic heterocycles. The molecule has 3 atom stereocenters. The van der Waals surface area contributed by atoms with Crippen LogP contribution in [-0.2, 0) is 0 Å². The Morgan fingerprint density at radius 1 is 1.50 bits per heavy atom. The molecule has 0 aromatic carbocycles. The average Bonchev–Trinajstić information content (AvgIpc) is 2.28. The van der Waals surface area contributed by atoms with Gasteiger partial charge in [-0.2, -0.15) is 0 Å². The van der Waals surface area contributed by atoms with E-state index in [4.69, 9.17) is 0 Å². The van der Waals surface area contributed by atoms with Gasteiger partial charge in [0.1, 0.15) is 0 Å². The molecule has 10 heavy (non-hydrogen) atoms. The maximum Gasteiger partial charge on any atom is 0.0453 e. The van der Waals surface area contributed by atoms with E-state index in [1.807, 2.05) is 0 Å². The molecule has 2 heterocycles. The Labute approximate surface area is 67.2 Å². The third-order valence-corrected chi connectivity index (χ3v) is 4.73. The topological polar surface area (TPSA) is 3.24 Å². The fourth-order valence-corrected chi connectivity index (χ4v) is 3.92. The van der Waals surface area contributed by atoms with Gasteiger partial charge < -0.3 is 0 Å². The number of thioether (sulfide) groups is 1. The highest BCUT2D eigenvalue weighted by atomic mass is 32.2. The summed E-state index contributed by atoms with van der Waals surface area (Å²) in [4.78, 5) is 2.63. The molecular weight excluding hydrogens is 142 g/mol. The van der Waals surface area contributed by atoms with Gasteiger partial charge in [-0.15, -0.1) is 11.8 Å². The van der Waals surface area contributed by atoms with E-state index >= 15 is 0 Å². The highest BCUT2D eigenvalue weighted by Gasteiger charge is 2.55. The minimum absolute atomic E-state index is 0.560. The quantitative estimate of drug-likeness (QED) is 0.527. The van der Waals surface area contributed by atoms with Crippen molar-refractivity contribution in [1.82, 2.24) is 4.90 Å². The first kappa shape index (κ1) is 6.99. The first-order valence-electron chi connectivity index (χ1n) is 4.01. The van der Waals surface area contributed by atoms with Crippen molar-refractivity contribution in [1.29, 1.82) is 0 Å². The molecule has 2 aliphatic rings. The van der Waals surface area contributed by atoms with E-state index < -0.39 is 0 Å². The average molecular weight is 157 g/mol. The van der Waals surface area contributed by atoms with Crippen molar-refractivity contribution in [2.75, 3.05) is 11.6 Å². The smallest absolute Gasteiger partial charge is 0.0453 e. The number of hydrogen-bond acceptors (Lipinski definition) is 2. The lowest BCUT2D eigenvalue weighted by Gasteiger charge is -2.56. The molecule has 0 amide bonds. The Kier molecular flexibility index (Phi) is 1.34. The highest BCUT2D eigenvalue weighted by molar-refractivity contribution is 7.99. The minimum atomic E-state index is 0.560. The zero-order valence-corrected chi connectivity index (χ0v) is 7.74. The minimum Gasteiger partial charge on any atom is -0.285 e. The monoisotopic (exact) mass is 157 g/mol. The van der Waals surface area contributed by atoms with Gasteiger partial charge in [-0.25, -0.2) is 0 Å². The molecule has 2 heteroatoms. The fourth-order valence-electron chi connectivity index (χ4n) is 2.26. The van der Waals surface area contributed by atoms with Crippen LogP contribution in [0.25, 0.3) is 0 Å². The van der Waals surface area contributed by atoms with Gasteiger partial charge in [-0.3, -0.25) is 4.90 Å². The first-order chi connectivity index (χ1) is 4.66. The van der Waals surface area contributed by atoms with Crippen molar-refractivity contribution in [3.63, 3.8) is 0 Å². The van der Waals surface area contributed by atoms with Gasteiger partial charge in [0.05, 0.1) is 0 Å². The second kappa shape index (κ2) is 1.92. The van der Waals surface area contributed by atoms with Crippen molar-refractivity contribution in [3.8, 4) is 0 Å². The molecule has 0 spiro atoms. The first-order valence-corrected chi connectivity index (χ1v) is 5.16. The van der Waals surface area contributed by atoms with Crippen molar-refractivity contribution in [2.45, 2.75) is 32.4 Å². The Balaban J connectivity index is 2.19. The van der Waals surface area contributed by atoms with Crippen molar-refractivity contribution in [2.24, 2.45) is 5.92 Å². The lowest BCUT2D eigenvalue weighted by atomic mass is 9.72. The molecule has 58 valence electrons. The normalized spacial score (nSPS) is 54.3. The van der Waals surface area contributed by atoms with E-state index in [1.54, 1.807) is 0 Å². The summed E-state index contributed by atoms with van der Waals surface area (Å²) in [7, 11) is 0. The summed E-state index contributed by atoms with van der Waals surface area (Å²) in [6.07, 6.45) is 0. The van der Waals surface area contributed by atoms with Gasteiger partial charge in [0.25, 0.3) is 0 Å². The summed E-state index contributed by atoms with van der Waals surface area (Å²) in [5.41, 5.74) is 0.560. The highest BCUT2D eigenvalue weighted by Crippen LogP contribution is 2.49. The zero-order chi connectivity index (χ0) is 7.35. The van der Waals surface area contributed by atoms with Crippen LogP contribution in [0.15, 0.2) is 0 Å². The second-order valence-electron chi connectivity index (χ2n) is 3.83.